The highest BCUT2D eigenvalue weighted by atomic mass is 35.5. The normalized spacial score (nSPS) is 10.9. The van der Waals surface area contributed by atoms with Gasteiger partial charge in [0.1, 0.15) is 0 Å². The number of hydrogen-bond donors (Lipinski definition) is 0. The number of esters is 1. The van der Waals surface area contributed by atoms with E-state index in [-0.39, 0.29) is 5.97 Å². The van der Waals surface area contributed by atoms with Gasteiger partial charge in [0.15, 0.2) is 0 Å². The lowest BCUT2D eigenvalue weighted by Crippen LogP contribution is -2.09. The molecule has 0 radical (unpaired) electrons. The number of aromatic nitrogens is 2. The molecule has 0 saturated carbocycles. The molecule has 0 bridgehead atoms. The van der Waals surface area contributed by atoms with Crippen molar-refractivity contribution in [1.29, 1.82) is 0 Å². The molecule has 2 aromatic rings. The fourth-order valence-electron chi connectivity index (χ4n) is 2.06. The van der Waals surface area contributed by atoms with Gasteiger partial charge in [-0.2, -0.15) is 5.10 Å². The summed E-state index contributed by atoms with van der Waals surface area (Å²) in [4.78, 5) is 11.6. The molecule has 0 aliphatic carbocycles. The van der Waals surface area contributed by atoms with Crippen LogP contribution in [0.2, 0.25) is 0 Å². The summed E-state index contributed by atoms with van der Waals surface area (Å²) in [6, 6.07) is 5.43. The van der Waals surface area contributed by atoms with Gasteiger partial charge in [0, 0.05) is 11.3 Å². The number of carbonyl (C=O) groups is 1. The Hall–Kier alpha value is -1.59. The van der Waals surface area contributed by atoms with E-state index in [9.17, 15) is 4.79 Å². The number of benzene rings is 1. The molecule has 1 heterocycles. The number of rotatable bonds is 6. The van der Waals surface area contributed by atoms with Crippen molar-refractivity contribution in [2.24, 2.45) is 0 Å². The number of fused-ring (bicyclic) bond motifs is 1. The molecule has 0 fully saturated rings. The van der Waals surface area contributed by atoms with Gasteiger partial charge in [-0.25, -0.2) is 4.79 Å². The van der Waals surface area contributed by atoms with Crippen LogP contribution in [0.15, 0.2) is 18.2 Å². The molecule has 1 aromatic carbocycles. The van der Waals surface area contributed by atoms with Crippen LogP contribution in [0.4, 0.5) is 0 Å². The number of hydrogen-bond acceptors (Lipinski definition) is 4. The zero-order chi connectivity index (χ0) is 14.5. The molecule has 0 atom stereocenters. The third kappa shape index (κ3) is 3.11. The summed E-state index contributed by atoms with van der Waals surface area (Å²) >= 11 is 5.56. The summed E-state index contributed by atoms with van der Waals surface area (Å²) in [7, 11) is 1.37. The SMILES string of the molecule is COC(=O)c1ccc2c(C)nn(CCOCCCl)c2c1. The van der Waals surface area contributed by atoms with Gasteiger partial charge in [0.2, 0.25) is 0 Å². The highest BCUT2D eigenvalue weighted by Gasteiger charge is 2.11. The van der Waals surface area contributed by atoms with Crippen molar-refractivity contribution in [2.45, 2.75) is 13.5 Å². The van der Waals surface area contributed by atoms with Crippen LogP contribution in [-0.4, -0.2) is 42.0 Å². The molecular formula is C14H17ClN2O3. The molecule has 2 rings (SSSR count). The summed E-state index contributed by atoms with van der Waals surface area (Å²) in [5.41, 5.74) is 2.34. The Labute approximate surface area is 122 Å². The van der Waals surface area contributed by atoms with Gasteiger partial charge >= 0.3 is 5.97 Å². The van der Waals surface area contributed by atoms with Gasteiger partial charge in [-0.1, -0.05) is 6.07 Å². The Morgan fingerprint density at radius 2 is 2.20 bits per heavy atom. The molecule has 0 saturated heterocycles. The lowest BCUT2D eigenvalue weighted by atomic mass is 10.1. The van der Waals surface area contributed by atoms with Gasteiger partial charge in [0.25, 0.3) is 0 Å². The van der Waals surface area contributed by atoms with Crippen molar-refractivity contribution in [3.05, 3.63) is 29.5 Å². The number of nitrogens with zero attached hydrogens (tertiary/aromatic N) is 2. The average molecular weight is 297 g/mol. The van der Waals surface area contributed by atoms with E-state index in [1.165, 1.54) is 7.11 Å². The van der Waals surface area contributed by atoms with Crippen LogP contribution in [0.25, 0.3) is 10.9 Å². The molecule has 0 amide bonds. The average Bonchev–Trinajstić information content (AvgIpc) is 2.79. The smallest absolute Gasteiger partial charge is 0.337 e. The van der Waals surface area contributed by atoms with Crippen LogP contribution >= 0.6 is 11.6 Å². The molecule has 0 spiro atoms. The van der Waals surface area contributed by atoms with Gasteiger partial charge in [-0.05, 0) is 19.1 Å². The Bertz CT molecular complexity index is 610. The summed E-state index contributed by atoms with van der Waals surface area (Å²) in [5.74, 6) is 0.126. The topological polar surface area (TPSA) is 53.3 Å². The Morgan fingerprint density at radius 3 is 2.90 bits per heavy atom. The number of halogens is 1. The molecule has 0 N–H and O–H groups in total. The molecular weight excluding hydrogens is 280 g/mol. The molecule has 20 heavy (non-hydrogen) atoms. The van der Waals surface area contributed by atoms with Crippen LogP contribution in [0.1, 0.15) is 16.1 Å². The number of ether oxygens (including phenoxy) is 2. The fourth-order valence-corrected chi connectivity index (χ4v) is 2.17. The number of alkyl halides is 1. The highest BCUT2D eigenvalue weighted by Crippen LogP contribution is 2.20. The molecule has 0 unspecified atom stereocenters. The lowest BCUT2D eigenvalue weighted by molar-refractivity contribution is 0.0601. The minimum Gasteiger partial charge on any atom is -0.465 e. The summed E-state index contributed by atoms with van der Waals surface area (Å²) < 4.78 is 11.9. The number of methoxy groups -OCH3 is 1. The quantitative estimate of drug-likeness (QED) is 0.466. The molecule has 108 valence electrons. The molecule has 6 heteroatoms. The van der Waals surface area contributed by atoms with Gasteiger partial charge in [0.05, 0.1) is 43.6 Å². The van der Waals surface area contributed by atoms with E-state index in [1.807, 2.05) is 17.7 Å². The van der Waals surface area contributed by atoms with Crippen molar-refractivity contribution in [3.63, 3.8) is 0 Å². The molecule has 0 aliphatic rings. The van der Waals surface area contributed by atoms with E-state index >= 15 is 0 Å². The monoisotopic (exact) mass is 296 g/mol. The first-order chi connectivity index (χ1) is 9.67. The minimum atomic E-state index is -0.351. The second-order valence-corrected chi connectivity index (χ2v) is 4.71. The maximum absolute atomic E-state index is 11.6. The largest absolute Gasteiger partial charge is 0.465 e. The van der Waals surface area contributed by atoms with Crippen molar-refractivity contribution in [2.75, 3.05) is 26.2 Å². The third-order valence-electron chi connectivity index (χ3n) is 3.03. The van der Waals surface area contributed by atoms with Gasteiger partial charge in [-0.3, -0.25) is 4.68 Å². The van der Waals surface area contributed by atoms with E-state index in [0.29, 0.717) is 31.2 Å². The Morgan fingerprint density at radius 1 is 1.40 bits per heavy atom. The van der Waals surface area contributed by atoms with E-state index in [4.69, 9.17) is 21.1 Å². The zero-order valence-electron chi connectivity index (χ0n) is 11.6. The maximum Gasteiger partial charge on any atom is 0.337 e. The first kappa shape index (κ1) is 14.8. The molecule has 0 aliphatic heterocycles. The Kier molecular flexibility index (Phi) is 4.98. The van der Waals surface area contributed by atoms with Crippen molar-refractivity contribution in [3.8, 4) is 0 Å². The van der Waals surface area contributed by atoms with E-state index in [1.54, 1.807) is 12.1 Å². The first-order valence-corrected chi connectivity index (χ1v) is 6.90. The highest BCUT2D eigenvalue weighted by molar-refractivity contribution is 6.17. The molecule has 5 nitrogen and oxygen atoms in total. The van der Waals surface area contributed by atoms with E-state index in [2.05, 4.69) is 5.10 Å². The fraction of sp³-hybridized carbons (Fsp3) is 0.429. The van der Waals surface area contributed by atoms with Gasteiger partial charge in [-0.15, -0.1) is 11.6 Å². The second kappa shape index (κ2) is 6.72. The van der Waals surface area contributed by atoms with Crippen molar-refractivity contribution in [1.82, 2.24) is 9.78 Å². The van der Waals surface area contributed by atoms with Crippen molar-refractivity contribution < 1.29 is 14.3 Å². The second-order valence-electron chi connectivity index (χ2n) is 4.33. The minimum absolute atomic E-state index is 0.351. The summed E-state index contributed by atoms with van der Waals surface area (Å²) in [6.07, 6.45) is 0. The maximum atomic E-state index is 11.6. The van der Waals surface area contributed by atoms with Crippen LogP contribution < -0.4 is 0 Å². The number of aryl methyl sites for hydroxylation is 1. The zero-order valence-corrected chi connectivity index (χ0v) is 12.3. The van der Waals surface area contributed by atoms with E-state index in [0.717, 1.165) is 16.6 Å². The van der Waals surface area contributed by atoms with Crippen LogP contribution in [-0.2, 0) is 16.0 Å². The van der Waals surface area contributed by atoms with Crippen LogP contribution in [0.5, 0.6) is 0 Å². The summed E-state index contributed by atoms with van der Waals surface area (Å²) in [5, 5.41) is 5.49. The number of carbonyl (C=O) groups excluding carboxylic acids is 1. The van der Waals surface area contributed by atoms with Crippen LogP contribution in [0, 0.1) is 6.92 Å². The summed E-state index contributed by atoms with van der Waals surface area (Å²) in [6.45, 7) is 3.61. The van der Waals surface area contributed by atoms with E-state index < -0.39 is 0 Å². The van der Waals surface area contributed by atoms with Gasteiger partial charge < -0.3 is 9.47 Å². The van der Waals surface area contributed by atoms with Crippen molar-refractivity contribution >= 4 is 28.5 Å². The standard InChI is InChI=1S/C14H17ClN2O3/c1-10-12-4-3-11(14(18)19-2)9-13(12)17(16-10)6-8-20-7-5-15/h3-4,9H,5-8H2,1-2H3. The predicted octanol–water partition coefficient (Wildman–Crippen LogP) is 2.39. The first-order valence-electron chi connectivity index (χ1n) is 6.36. The van der Waals surface area contributed by atoms with Crippen LogP contribution in [0.3, 0.4) is 0 Å². The third-order valence-corrected chi connectivity index (χ3v) is 3.18. The Balaban J connectivity index is 2.27. The lowest BCUT2D eigenvalue weighted by Gasteiger charge is -2.05. The molecule has 1 aromatic heterocycles. The predicted molar refractivity (Wildman–Crippen MR) is 77.3 cm³/mol.